The number of rotatable bonds is 13. The molecule has 3 aromatic rings. The highest BCUT2D eigenvalue weighted by molar-refractivity contribution is 6.02. The number of methoxy groups -OCH3 is 1. The van der Waals surface area contributed by atoms with E-state index in [1.807, 2.05) is 53.4 Å². The second-order valence-corrected chi connectivity index (χ2v) is 11.3. The standard InChI is InChI=1S/C33H35F3N2O4.C2HF3O2/c1-40-25-5-2-6-26(20-25)41-19-17-38(24-11-12-24)33(39)28-21-37-16-15-27(28)23-9-7-22(8-10-23)4-3-18-42-32-30(35)14-13-29(34)31(32)36;3-2(4,5)1(6)7/h2,5-10,13-14,20,24,37H,3-4,11-12,15-19,21H2,1H3;(H,6,7). The van der Waals surface area contributed by atoms with Crippen molar-refractivity contribution in [1.82, 2.24) is 10.2 Å². The minimum atomic E-state index is -5.08. The molecule has 3 aromatic carbocycles. The first-order valence-corrected chi connectivity index (χ1v) is 15.5. The number of nitrogens with zero attached hydrogens (tertiary/aromatic N) is 1. The van der Waals surface area contributed by atoms with E-state index >= 15 is 0 Å². The molecule has 1 amide bonds. The van der Waals surface area contributed by atoms with Gasteiger partial charge in [0.25, 0.3) is 5.91 Å². The summed E-state index contributed by atoms with van der Waals surface area (Å²) in [7, 11) is 1.61. The van der Waals surface area contributed by atoms with Crippen molar-refractivity contribution in [3.63, 3.8) is 0 Å². The van der Waals surface area contributed by atoms with E-state index in [4.69, 9.17) is 24.1 Å². The van der Waals surface area contributed by atoms with Gasteiger partial charge >= 0.3 is 12.1 Å². The molecule has 1 heterocycles. The third kappa shape index (κ3) is 10.6. The Morgan fingerprint density at radius 3 is 2.27 bits per heavy atom. The van der Waals surface area contributed by atoms with Crippen LogP contribution in [0, 0.1) is 17.5 Å². The molecule has 0 spiro atoms. The van der Waals surface area contributed by atoms with Crippen LogP contribution in [0.2, 0.25) is 0 Å². The maximum atomic E-state index is 13.8. The van der Waals surface area contributed by atoms with Gasteiger partial charge in [0.15, 0.2) is 17.4 Å². The minimum absolute atomic E-state index is 0.0481. The predicted molar refractivity (Wildman–Crippen MR) is 168 cm³/mol. The summed E-state index contributed by atoms with van der Waals surface area (Å²) in [6.45, 7) is 2.25. The van der Waals surface area contributed by atoms with E-state index in [1.165, 1.54) is 0 Å². The Bertz CT molecular complexity index is 1630. The normalized spacial score (nSPS) is 14.4. The van der Waals surface area contributed by atoms with E-state index in [9.17, 15) is 31.1 Å². The largest absolute Gasteiger partial charge is 0.497 e. The van der Waals surface area contributed by atoms with Crippen LogP contribution in [0.3, 0.4) is 0 Å². The fourth-order valence-corrected chi connectivity index (χ4v) is 5.13. The van der Waals surface area contributed by atoms with Crippen molar-refractivity contribution in [2.24, 2.45) is 0 Å². The summed E-state index contributed by atoms with van der Waals surface area (Å²) in [5.74, 6) is -5.36. The first-order chi connectivity index (χ1) is 23.4. The predicted octanol–water partition coefficient (Wildman–Crippen LogP) is 6.57. The smallest absolute Gasteiger partial charge is 0.490 e. The number of halogens is 6. The van der Waals surface area contributed by atoms with E-state index in [2.05, 4.69) is 5.32 Å². The van der Waals surface area contributed by atoms with Gasteiger partial charge in [-0.1, -0.05) is 30.3 Å². The zero-order valence-corrected chi connectivity index (χ0v) is 26.6. The number of hydrogen-bond acceptors (Lipinski definition) is 6. The summed E-state index contributed by atoms with van der Waals surface area (Å²) < 4.78 is 89.0. The second-order valence-electron chi connectivity index (χ2n) is 11.3. The van der Waals surface area contributed by atoms with Gasteiger partial charge in [0.2, 0.25) is 5.82 Å². The van der Waals surface area contributed by atoms with Crippen LogP contribution in [-0.2, 0) is 16.0 Å². The molecule has 0 aromatic heterocycles. The summed E-state index contributed by atoms with van der Waals surface area (Å²) >= 11 is 0. The molecule has 0 atom stereocenters. The number of nitrogens with one attached hydrogen (secondary N) is 1. The molecular formula is C35H36F6N2O6. The van der Waals surface area contributed by atoms with Crippen LogP contribution in [0.1, 0.15) is 36.8 Å². The first kappa shape index (κ1) is 37.1. The van der Waals surface area contributed by atoms with Crippen LogP contribution < -0.4 is 19.5 Å². The number of aliphatic carboxylic acids is 1. The molecule has 2 N–H and O–H groups in total. The lowest BCUT2D eigenvalue weighted by Gasteiger charge is -2.28. The molecule has 14 heteroatoms. The zero-order valence-electron chi connectivity index (χ0n) is 26.6. The van der Waals surface area contributed by atoms with Gasteiger partial charge in [0.1, 0.15) is 18.1 Å². The number of ether oxygens (including phenoxy) is 3. The van der Waals surface area contributed by atoms with Crippen molar-refractivity contribution in [2.45, 2.75) is 44.3 Å². The van der Waals surface area contributed by atoms with Gasteiger partial charge in [0.05, 0.1) is 20.3 Å². The third-order valence-electron chi connectivity index (χ3n) is 7.77. The van der Waals surface area contributed by atoms with Crippen LogP contribution in [-0.4, -0.2) is 74.1 Å². The summed E-state index contributed by atoms with van der Waals surface area (Å²) in [5, 5.41) is 10.5. The van der Waals surface area contributed by atoms with E-state index in [-0.39, 0.29) is 18.6 Å². The number of carbonyl (C=O) groups is 2. The average Bonchev–Trinajstić information content (AvgIpc) is 3.94. The lowest BCUT2D eigenvalue weighted by molar-refractivity contribution is -0.192. The van der Waals surface area contributed by atoms with Gasteiger partial charge < -0.3 is 29.5 Å². The topological polar surface area (TPSA) is 97.3 Å². The molecule has 1 aliphatic carbocycles. The van der Waals surface area contributed by atoms with Gasteiger partial charge in [-0.05, 0) is 79.6 Å². The fourth-order valence-electron chi connectivity index (χ4n) is 5.13. The highest BCUT2D eigenvalue weighted by Gasteiger charge is 2.38. The Hall–Kier alpha value is -4.72. The highest BCUT2D eigenvalue weighted by Crippen LogP contribution is 2.32. The summed E-state index contributed by atoms with van der Waals surface area (Å²) in [6.07, 6.45) is -1.22. The van der Waals surface area contributed by atoms with E-state index in [0.29, 0.717) is 38.3 Å². The maximum absolute atomic E-state index is 13.8. The Balaban J connectivity index is 0.000000698. The van der Waals surface area contributed by atoms with Crippen molar-refractivity contribution < 1.29 is 55.2 Å². The Labute approximate surface area is 279 Å². The number of aryl methyl sites for hydroxylation is 1. The second kappa shape index (κ2) is 17.1. The van der Waals surface area contributed by atoms with Gasteiger partial charge in [-0.3, -0.25) is 4.79 Å². The SMILES string of the molecule is COc1cccc(OCCN(C(=O)C2=C(c3ccc(CCCOc4c(F)ccc(F)c4F)cc3)CCNC2)C2CC2)c1.O=C(O)C(F)(F)F. The average molecular weight is 695 g/mol. The number of alkyl halides is 3. The number of amides is 1. The molecule has 8 nitrogen and oxygen atoms in total. The first-order valence-electron chi connectivity index (χ1n) is 15.5. The van der Waals surface area contributed by atoms with Crippen LogP contribution in [0.25, 0.3) is 5.57 Å². The lowest BCUT2D eigenvalue weighted by Crippen LogP contribution is -2.41. The third-order valence-corrected chi connectivity index (χ3v) is 7.77. The summed E-state index contributed by atoms with van der Waals surface area (Å²) in [4.78, 5) is 24.6. The van der Waals surface area contributed by atoms with Gasteiger partial charge in [-0.15, -0.1) is 0 Å². The Morgan fingerprint density at radius 1 is 0.939 bits per heavy atom. The Morgan fingerprint density at radius 2 is 1.61 bits per heavy atom. The van der Waals surface area contributed by atoms with Crippen molar-refractivity contribution in [2.75, 3.05) is 40.0 Å². The van der Waals surface area contributed by atoms with E-state index in [0.717, 1.165) is 66.0 Å². The van der Waals surface area contributed by atoms with E-state index < -0.39 is 35.3 Å². The fraction of sp³-hybridized carbons (Fsp3) is 0.371. The van der Waals surface area contributed by atoms with Crippen LogP contribution in [0.5, 0.6) is 17.2 Å². The minimum Gasteiger partial charge on any atom is -0.497 e. The molecule has 5 rings (SSSR count). The molecule has 1 aliphatic heterocycles. The van der Waals surface area contributed by atoms with Gasteiger partial charge in [0, 0.05) is 24.2 Å². The lowest BCUT2D eigenvalue weighted by atomic mass is 9.92. The zero-order chi connectivity index (χ0) is 35.6. The molecule has 0 saturated heterocycles. The van der Waals surface area contributed by atoms with Crippen LogP contribution in [0.4, 0.5) is 26.3 Å². The van der Waals surface area contributed by atoms with Crippen molar-refractivity contribution in [3.8, 4) is 17.2 Å². The number of benzene rings is 3. The molecule has 49 heavy (non-hydrogen) atoms. The monoisotopic (exact) mass is 694 g/mol. The van der Waals surface area contributed by atoms with Crippen LogP contribution in [0.15, 0.2) is 66.2 Å². The van der Waals surface area contributed by atoms with Crippen molar-refractivity contribution >= 4 is 17.4 Å². The summed E-state index contributed by atoms with van der Waals surface area (Å²) in [5.41, 5.74) is 3.87. The number of carboxylic acids is 1. The van der Waals surface area contributed by atoms with Gasteiger partial charge in [-0.2, -0.15) is 17.6 Å². The summed E-state index contributed by atoms with van der Waals surface area (Å²) in [6, 6.07) is 17.3. The maximum Gasteiger partial charge on any atom is 0.490 e. The molecule has 0 bridgehead atoms. The molecule has 0 unspecified atom stereocenters. The molecule has 264 valence electrons. The van der Waals surface area contributed by atoms with Crippen molar-refractivity contribution in [1.29, 1.82) is 0 Å². The van der Waals surface area contributed by atoms with E-state index in [1.54, 1.807) is 7.11 Å². The molecule has 1 saturated carbocycles. The molecular weight excluding hydrogens is 658 g/mol. The molecule has 2 aliphatic rings. The Kier molecular flexibility index (Phi) is 12.9. The highest BCUT2D eigenvalue weighted by atomic mass is 19.4. The number of carbonyl (C=O) groups excluding carboxylic acids is 1. The quantitative estimate of drug-likeness (QED) is 0.119. The molecule has 1 fully saturated rings. The van der Waals surface area contributed by atoms with Crippen molar-refractivity contribution in [3.05, 3.63) is 94.8 Å². The van der Waals surface area contributed by atoms with Gasteiger partial charge in [-0.25, -0.2) is 13.6 Å². The number of carboxylic acid groups (broad SMARTS) is 1. The number of hydrogen-bond donors (Lipinski definition) is 2. The molecule has 0 radical (unpaired) electrons. The van der Waals surface area contributed by atoms with Crippen LogP contribution >= 0.6 is 0 Å².